The number of aryl methyl sites for hydroxylation is 1. The van der Waals surface area contributed by atoms with Gasteiger partial charge in [-0.15, -0.1) is 0 Å². The van der Waals surface area contributed by atoms with Crippen LogP contribution in [0, 0.1) is 0 Å². The average molecular weight is 245 g/mol. The van der Waals surface area contributed by atoms with Crippen LogP contribution >= 0.6 is 11.3 Å². The van der Waals surface area contributed by atoms with Crippen molar-refractivity contribution in [1.29, 1.82) is 0 Å². The van der Waals surface area contributed by atoms with Gasteiger partial charge in [-0.25, -0.2) is 0 Å². The highest BCUT2D eigenvalue weighted by atomic mass is 32.1. The van der Waals surface area contributed by atoms with E-state index in [2.05, 4.69) is 59.4 Å². The average Bonchev–Trinajstić information content (AvgIpc) is 2.88. The zero-order valence-electron chi connectivity index (χ0n) is 10.2. The van der Waals surface area contributed by atoms with E-state index in [4.69, 9.17) is 0 Å². The Kier molecular flexibility index (Phi) is 4.77. The molecule has 0 amide bonds. The first-order valence-corrected chi connectivity index (χ1v) is 7.14. The third kappa shape index (κ3) is 3.69. The van der Waals surface area contributed by atoms with E-state index in [1.54, 1.807) is 11.3 Å². The van der Waals surface area contributed by atoms with E-state index in [0.29, 0.717) is 6.04 Å². The molecule has 0 aliphatic heterocycles. The van der Waals surface area contributed by atoms with Crippen molar-refractivity contribution in [3.63, 3.8) is 0 Å². The first kappa shape index (κ1) is 12.3. The molecule has 0 spiro atoms. The van der Waals surface area contributed by atoms with Gasteiger partial charge in [-0.2, -0.15) is 11.3 Å². The van der Waals surface area contributed by atoms with Crippen LogP contribution in [0.5, 0.6) is 0 Å². The highest BCUT2D eigenvalue weighted by Gasteiger charge is 2.09. The second kappa shape index (κ2) is 6.58. The summed E-state index contributed by atoms with van der Waals surface area (Å²) in [7, 11) is 0. The van der Waals surface area contributed by atoms with E-state index in [9.17, 15) is 0 Å². The normalized spacial score (nSPS) is 12.5. The lowest BCUT2D eigenvalue weighted by molar-refractivity contribution is 0.516. The number of hydrogen-bond donors (Lipinski definition) is 1. The SMILES string of the molecule is CCNC(CCc1ccsc1)c1ccccc1. The summed E-state index contributed by atoms with van der Waals surface area (Å²) >= 11 is 1.78. The van der Waals surface area contributed by atoms with Crippen LogP contribution in [0.25, 0.3) is 0 Å². The standard InChI is InChI=1S/C15H19NS/c1-2-16-15(14-6-4-3-5-7-14)9-8-13-10-11-17-12-13/h3-7,10-12,15-16H,2,8-9H2,1H3. The van der Waals surface area contributed by atoms with Gasteiger partial charge in [0.2, 0.25) is 0 Å². The van der Waals surface area contributed by atoms with Crippen molar-refractivity contribution in [2.45, 2.75) is 25.8 Å². The Bertz CT molecular complexity index is 408. The van der Waals surface area contributed by atoms with Crippen LogP contribution in [0.2, 0.25) is 0 Å². The second-order valence-electron chi connectivity index (χ2n) is 4.19. The molecule has 1 heterocycles. The number of benzene rings is 1. The minimum absolute atomic E-state index is 0.473. The summed E-state index contributed by atoms with van der Waals surface area (Å²) in [5, 5.41) is 7.96. The summed E-state index contributed by atoms with van der Waals surface area (Å²) in [5.74, 6) is 0. The first-order chi connectivity index (χ1) is 8.40. The van der Waals surface area contributed by atoms with Gasteiger partial charge in [0.15, 0.2) is 0 Å². The molecule has 1 N–H and O–H groups in total. The van der Waals surface area contributed by atoms with Crippen LogP contribution in [0.4, 0.5) is 0 Å². The molecule has 0 radical (unpaired) electrons. The molecule has 1 aromatic heterocycles. The van der Waals surface area contributed by atoms with Crippen LogP contribution in [0.15, 0.2) is 47.2 Å². The topological polar surface area (TPSA) is 12.0 Å². The van der Waals surface area contributed by atoms with Crippen molar-refractivity contribution >= 4 is 11.3 Å². The molecule has 2 rings (SSSR count). The summed E-state index contributed by atoms with van der Waals surface area (Å²) in [6.07, 6.45) is 2.31. The van der Waals surface area contributed by atoms with Crippen molar-refractivity contribution < 1.29 is 0 Å². The predicted molar refractivity (Wildman–Crippen MR) is 75.5 cm³/mol. The maximum atomic E-state index is 3.56. The summed E-state index contributed by atoms with van der Waals surface area (Å²) in [5.41, 5.74) is 2.85. The molecule has 2 aromatic rings. The van der Waals surface area contributed by atoms with Crippen LogP contribution in [-0.2, 0) is 6.42 Å². The van der Waals surface area contributed by atoms with E-state index >= 15 is 0 Å². The van der Waals surface area contributed by atoms with Crippen molar-refractivity contribution in [3.8, 4) is 0 Å². The molecular weight excluding hydrogens is 226 g/mol. The van der Waals surface area contributed by atoms with Gasteiger partial charge in [0.05, 0.1) is 0 Å². The van der Waals surface area contributed by atoms with Gasteiger partial charge in [-0.05, 0) is 47.3 Å². The highest BCUT2D eigenvalue weighted by molar-refractivity contribution is 7.07. The van der Waals surface area contributed by atoms with E-state index in [1.165, 1.54) is 11.1 Å². The second-order valence-corrected chi connectivity index (χ2v) is 4.97. The zero-order chi connectivity index (χ0) is 11.9. The largest absolute Gasteiger partial charge is 0.310 e. The first-order valence-electron chi connectivity index (χ1n) is 6.19. The van der Waals surface area contributed by atoms with Crippen molar-refractivity contribution in [1.82, 2.24) is 5.32 Å². The Balaban J connectivity index is 1.98. The Morgan fingerprint density at radius 2 is 2.00 bits per heavy atom. The lowest BCUT2D eigenvalue weighted by atomic mass is 10.00. The molecule has 1 nitrogen and oxygen atoms in total. The Labute approximate surface area is 108 Å². The van der Waals surface area contributed by atoms with Gasteiger partial charge in [-0.3, -0.25) is 0 Å². The summed E-state index contributed by atoms with van der Waals surface area (Å²) in [6, 6.07) is 13.4. The number of rotatable bonds is 6. The molecule has 0 bridgehead atoms. The zero-order valence-corrected chi connectivity index (χ0v) is 11.0. The molecule has 0 aliphatic rings. The fourth-order valence-electron chi connectivity index (χ4n) is 2.06. The molecule has 1 unspecified atom stereocenters. The maximum Gasteiger partial charge on any atom is 0.0323 e. The predicted octanol–water partition coefficient (Wildman–Crippen LogP) is 4.03. The molecule has 90 valence electrons. The summed E-state index contributed by atoms with van der Waals surface area (Å²) < 4.78 is 0. The molecule has 17 heavy (non-hydrogen) atoms. The molecule has 2 heteroatoms. The van der Waals surface area contributed by atoms with Crippen LogP contribution < -0.4 is 5.32 Å². The molecule has 0 saturated carbocycles. The van der Waals surface area contributed by atoms with E-state index < -0.39 is 0 Å². The minimum atomic E-state index is 0.473. The summed E-state index contributed by atoms with van der Waals surface area (Å²) in [6.45, 7) is 3.18. The molecule has 0 saturated heterocycles. The van der Waals surface area contributed by atoms with Gasteiger partial charge < -0.3 is 5.32 Å². The molecule has 1 atom stereocenters. The lowest BCUT2D eigenvalue weighted by Gasteiger charge is -2.18. The van der Waals surface area contributed by atoms with E-state index in [1.807, 2.05) is 0 Å². The minimum Gasteiger partial charge on any atom is -0.310 e. The Morgan fingerprint density at radius 3 is 2.65 bits per heavy atom. The smallest absolute Gasteiger partial charge is 0.0323 e. The molecule has 0 fully saturated rings. The molecule has 1 aromatic carbocycles. The van der Waals surface area contributed by atoms with Crippen molar-refractivity contribution in [2.24, 2.45) is 0 Å². The third-order valence-corrected chi connectivity index (χ3v) is 3.69. The molecular formula is C15H19NS. The lowest BCUT2D eigenvalue weighted by Crippen LogP contribution is -2.21. The summed E-state index contributed by atoms with van der Waals surface area (Å²) in [4.78, 5) is 0. The van der Waals surface area contributed by atoms with Gasteiger partial charge in [0.1, 0.15) is 0 Å². The fourth-order valence-corrected chi connectivity index (χ4v) is 2.77. The maximum absolute atomic E-state index is 3.56. The van der Waals surface area contributed by atoms with Crippen molar-refractivity contribution in [3.05, 3.63) is 58.3 Å². The molecule has 0 aliphatic carbocycles. The van der Waals surface area contributed by atoms with Gasteiger partial charge >= 0.3 is 0 Å². The Morgan fingerprint density at radius 1 is 1.18 bits per heavy atom. The number of nitrogens with one attached hydrogen (secondary N) is 1. The van der Waals surface area contributed by atoms with Crippen LogP contribution in [0.3, 0.4) is 0 Å². The monoisotopic (exact) mass is 245 g/mol. The number of hydrogen-bond acceptors (Lipinski definition) is 2. The van der Waals surface area contributed by atoms with Gasteiger partial charge in [0, 0.05) is 6.04 Å². The fraction of sp³-hybridized carbons (Fsp3) is 0.333. The van der Waals surface area contributed by atoms with E-state index in [0.717, 1.165) is 19.4 Å². The third-order valence-electron chi connectivity index (χ3n) is 2.95. The number of thiophene rings is 1. The van der Waals surface area contributed by atoms with E-state index in [-0.39, 0.29) is 0 Å². The van der Waals surface area contributed by atoms with Gasteiger partial charge in [-0.1, -0.05) is 37.3 Å². The van der Waals surface area contributed by atoms with Crippen LogP contribution in [-0.4, -0.2) is 6.54 Å². The highest BCUT2D eigenvalue weighted by Crippen LogP contribution is 2.19. The van der Waals surface area contributed by atoms with Gasteiger partial charge in [0.25, 0.3) is 0 Å². The quantitative estimate of drug-likeness (QED) is 0.810. The van der Waals surface area contributed by atoms with Crippen LogP contribution in [0.1, 0.15) is 30.5 Å². The van der Waals surface area contributed by atoms with Crippen molar-refractivity contribution in [2.75, 3.05) is 6.54 Å². The Hall–Kier alpha value is -1.12.